The Labute approximate surface area is 163 Å². The Morgan fingerprint density at radius 1 is 1.04 bits per heavy atom. The predicted molar refractivity (Wildman–Crippen MR) is 103 cm³/mol. The first kappa shape index (κ1) is 19.8. The molecular weight excluding hydrogens is 380 g/mol. The van der Waals surface area contributed by atoms with E-state index in [1.165, 1.54) is 19.1 Å². The van der Waals surface area contributed by atoms with Gasteiger partial charge in [0.05, 0.1) is 4.90 Å². The van der Waals surface area contributed by atoms with Crippen molar-refractivity contribution in [3.05, 3.63) is 59.7 Å². The quantitative estimate of drug-likeness (QED) is 0.777. The van der Waals surface area contributed by atoms with Crippen LogP contribution in [0.3, 0.4) is 0 Å². The molecule has 1 heterocycles. The van der Waals surface area contributed by atoms with Gasteiger partial charge in [-0.25, -0.2) is 12.7 Å². The lowest BCUT2D eigenvalue weighted by atomic mass is 10.1. The van der Waals surface area contributed by atoms with Gasteiger partial charge in [-0.05, 0) is 56.7 Å². The summed E-state index contributed by atoms with van der Waals surface area (Å²) >= 11 is 0. The maximum Gasteiger partial charge on any atom is 0.267 e. The predicted octanol–water partition coefficient (Wildman–Crippen LogP) is 2.52. The van der Waals surface area contributed by atoms with Gasteiger partial charge in [-0.1, -0.05) is 17.7 Å². The van der Waals surface area contributed by atoms with Crippen molar-refractivity contribution in [1.82, 2.24) is 4.31 Å². The number of carbonyl (C=O) groups is 3. The molecule has 1 fully saturated rings. The van der Waals surface area contributed by atoms with Crippen LogP contribution in [0.1, 0.15) is 35.7 Å². The highest BCUT2D eigenvalue weighted by Crippen LogP contribution is 2.28. The molecule has 2 amide bonds. The minimum Gasteiger partial charge on any atom is -0.324 e. The second-order valence-electron chi connectivity index (χ2n) is 6.68. The number of hydrogen-bond acceptors (Lipinski definition) is 5. The molecule has 0 aliphatic carbocycles. The van der Waals surface area contributed by atoms with Crippen LogP contribution >= 0.6 is 0 Å². The molecule has 0 aromatic heterocycles. The minimum absolute atomic E-state index is 0.0214. The van der Waals surface area contributed by atoms with Crippen molar-refractivity contribution in [2.24, 2.45) is 0 Å². The molecule has 3 rings (SSSR count). The number of Topliss-reactive ketones (excluding diaryl/α,β-unsaturated/α-hetero) is 1. The zero-order chi connectivity index (χ0) is 20.5. The fourth-order valence-corrected chi connectivity index (χ4v) is 4.64. The molecule has 1 aliphatic rings. The Morgan fingerprint density at radius 3 is 2.21 bits per heavy atom. The van der Waals surface area contributed by atoms with Gasteiger partial charge in [0.1, 0.15) is 6.04 Å². The van der Waals surface area contributed by atoms with Crippen molar-refractivity contribution in [2.75, 3.05) is 5.32 Å². The Hall–Kier alpha value is -3.00. The third-order valence-electron chi connectivity index (χ3n) is 4.60. The third-order valence-corrected chi connectivity index (χ3v) is 6.44. The summed E-state index contributed by atoms with van der Waals surface area (Å²) in [5.41, 5.74) is 1.80. The number of carbonyl (C=O) groups excluding carboxylic acids is 3. The van der Waals surface area contributed by atoms with Crippen LogP contribution < -0.4 is 5.32 Å². The summed E-state index contributed by atoms with van der Waals surface area (Å²) < 4.78 is 26.5. The van der Waals surface area contributed by atoms with Crippen molar-refractivity contribution < 1.29 is 22.8 Å². The monoisotopic (exact) mass is 400 g/mol. The number of amides is 2. The summed E-state index contributed by atoms with van der Waals surface area (Å²) in [6.07, 6.45) is 0.0910. The molecule has 1 atom stereocenters. The number of hydrogen-bond donors (Lipinski definition) is 1. The summed E-state index contributed by atoms with van der Waals surface area (Å²) in [6.45, 7) is 3.26. The highest BCUT2D eigenvalue weighted by molar-refractivity contribution is 7.89. The number of sulfonamides is 1. The lowest BCUT2D eigenvalue weighted by molar-refractivity contribution is -0.128. The third kappa shape index (κ3) is 3.82. The van der Waals surface area contributed by atoms with Crippen molar-refractivity contribution in [3.8, 4) is 0 Å². The van der Waals surface area contributed by atoms with Gasteiger partial charge in [-0.15, -0.1) is 0 Å². The first-order chi connectivity index (χ1) is 13.2. The Morgan fingerprint density at radius 2 is 1.64 bits per heavy atom. The zero-order valence-electron chi connectivity index (χ0n) is 15.5. The van der Waals surface area contributed by atoms with E-state index >= 15 is 0 Å². The smallest absolute Gasteiger partial charge is 0.267 e. The average molecular weight is 400 g/mol. The lowest BCUT2D eigenvalue weighted by Gasteiger charge is -2.23. The van der Waals surface area contributed by atoms with E-state index in [0.29, 0.717) is 15.6 Å². The molecule has 8 heteroatoms. The molecule has 2 aromatic rings. The van der Waals surface area contributed by atoms with Gasteiger partial charge in [0.25, 0.3) is 10.0 Å². The Kier molecular flexibility index (Phi) is 5.33. The molecule has 0 radical (unpaired) electrons. The molecule has 0 saturated carbocycles. The number of rotatable bonds is 5. The SMILES string of the molecule is CC(=O)c1ccc(NC(=O)[C@H]2CCC(=O)N2S(=O)(=O)c2ccc(C)cc2)cc1. The molecule has 0 unspecified atom stereocenters. The van der Waals surface area contributed by atoms with Crippen LogP contribution in [-0.4, -0.2) is 36.4 Å². The molecule has 0 spiro atoms. The van der Waals surface area contributed by atoms with E-state index in [4.69, 9.17) is 0 Å². The molecular formula is C20H20N2O5S. The maximum absolute atomic E-state index is 12.9. The summed E-state index contributed by atoms with van der Waals surface area (Å²) in [6, 6.07) is 11.3. The number of aryl methyl sites for hydroxylation is 1. The van der Waals surface area contributed by atoms with Gasteiger partial charge in [0, 0.05) is 17.7 Å². The number of nitrogens with one attached hydrogen (secondary N) is 1. The van der Waals surface area contributed by atoms with Gasteiger partial charge < -0.3 is 5.32 Å². The van der Waals surface area contributed by atoms with E-state index in [-0.39, 0.29) is 23.5 Å². The van der Waals surface area contributed by atoms with E-state index in [9.17, 15) is 22.8 Å². The first-order valence-corrected chi connectivity index (χ1v) is 10.2. The van der Waals surface area contributed by atoms with Crippen LogP contribution in [-0.2, 0) is 19.6 Å². The summed E-state index contributed by atoms with van der Waals surface area (Å²) in [5, 5.41) is 2.62. The van der Waals surface area contributed by atoms with Crippen LogP contribution in [0.5, 0.6) is 0 Å². The van der Waals surface area contributed by atoms with Crippen LogP contribution in [0.25, 0.3) is 0 Å². The van der Waals surface area contributed by atoms with Gasteiger partial charge in [0.15, 0.2) is 5.78 Å². The molecule has 7 nitrogen and oxygen atoms in total. The summed E-state index contributed by atoms with van der Waals surface area (Å²) in [4.78, 5) is 36.3. The number of anilines is 1. The van der Waals surface area contributed by atoms with Crippen LogP contribution in [0.2, 0.25) is 0 Å². The second kappa shape index (κ2) is 7.55. The maximum atomic E-state index is 12.9. The first-order valence-electron chi connectivity index (χ1n) is 8.76. The molecule has 2 aromatic carbocycles. The normalized spacial score (nSPS) is 16.9. The number of benzene rings is 2. The Bertz CT molecular complexity index is 1030. The van der Waals surface area contributed by atoms with Crippen LogP contribution in [0, 0.1) is 6.92 Å². The topological polar surface area (TPSA) is 101 Å². The molecule has 1 aliphatic heterocycles. The Balaban J connectivity index is 1.84. The standard InChI is InChI=1S/C20H20N2O5S/c1-13-3-9-17(10-4-13)28(26,27)22-18(11-12-19(22)24)20(25)21-16-7-5-15(6-8-16)14(2)23/h3-10,18H,11-12H2,1-2H3,(H,21,25)/t18-/m1/s1. The highest BCUT2D eigenvalue weighted by Gasteiger charge is 2.44. The van der Waals surface area contributed by atoms with Crippen molar-refractivity contribution in [1.29, 1.82) is 0 Å². The van der Waals surface area contributed by atoms with E-state index < -0.39 is 27.9 Å². The van der Waals surface area contributed by atoms with Crippen molar-refractivity contribution >= 4 is 33.3 Å². The van der Waals surface area contributed by atoms with Gasteiger partial charge in [-0.2, -0.15) is 0 Å². The molecule has 28 heavy (non-hydrogen) atoms. The molecule has 0 bridgehead atoms. The van der Waals surface area contributed by atoms with Gasteiger partial charge >= 0.3 is 0 Å². The van der Waals surface area contributed by atoms with E-state index in [1.807, 2.05) is 6.92 Å². The highest BCUT2D eigenvalue weighted by atomic mass is 32.2. The molecule has 1 saturated heterocycles. The van der Waals surface area contributed by atoms with Gasteiger partial charge in [-0.3, -0.25) is 14.4 Å². The van der Waals surface area contributed by atoms with Crippen molar-refractivity contribution in [3.63, 3.8) is 0 Å². The number of ketones is 1. The van der Waals surface area contributed by atoms with Crippen LogP contribution in [0.15, 0.2) is 53.4 Å². The lowest BCUT2D eigenvalue weighted by Crippen LogP contribution is -2.45. The fraction of sp³-hybridized carbons (Fsp3) is 0.250. The second-order valence-corrected chi connectivity index (χ2v) is 8.50. The number of nitrogens with zero attached hydrogens (tertiary/aromatic N) is 1. The van der Waals surface area contributed by atoms with E-state index in [1.54, 1.807) is 36.4 Å². The van der Waals surface area contributed by atoms with E-state index in [2.05, 4.69) is 5.32 Å². The molecule has 1 N–H and O–H groups in total. The molecule has 146 valence electrons. The van der Waals surface area contributed by atoms with E-state index in [0.717, 1.165) is 5.56 Å². The zero-order valence-corrected chi connectivity index (χ0v) is 16.3. The van der Waals surface area contributed by atoms with Crippen molar-refractivity contribution in [2.45, 2.75) is 37.6 Å². The summed E-state index contributed by atoms with van der Waals surface area (Å²) in [7, 11) is -4.13. The van der Waals surface area contributed by atoms with Gasteiger partial charge in [0.2, 0.25) is 11.8 Å². The van der Waals surface area contributed by atoms with Crippen LogP contribution in [0.4, 0.5) is 5.69 Å². The largest absolute Gasteiger partial charge is 0.324 e. The minimum atomic E-state index is -4.13. The fourth-order valence-electron chi connectivity index (χ4n) is 3.04. The average Bonchev–Trinajstić information content (AvgIpc) is 3.05. The summed E-state index contributed by atoms with van der Waals surface area (Å²) in [5.74, 6) is -1.29.